The van der Waals surface area contributed by atoms with Gasteiger partial charge in [-0.3, -0.25) is 4.79 Å². The van der Waals surface area contributed by atoms with Gasteiger partial charge in [0.15, 0.2) is 0 Å². The zero-order valence-electron chi connectivity index (χ0n) is 10.4. The van der Waals surface area contributed by atoms with Crippen molar-refractivity contribution in [3.8, 4) is 5.69 Å². The van der Waals surface area contributed by atoms with E-state index in [1.54, 1.807) is 23.2 Å². The number of benzene rings is 1. The zero-order chi connectivity index (χ0) is 13.5. The van der Waals surface area contributed by atoms with Crippen molar-refractivity contribution in [1.82, 2.24) is 20.3 Å². The molecule has 98 valence electrons. The Morgan fingerprint density at radius 1 is 1.42 bits per heavy atom. The molecular formula is C13H15N5O. The average Bonchev–Trinajstić information content (AvgIpc) is 2.93. The highest BCUT2D eigenvalue weighted by atomic mass is 16.1. The highest BCUT2D eigenvalue weighted by Gasteiger charge is 2.07. The molecule has 0 saturated heterocycles. The van der Waals surface area contributed by atoms with Gasteiger partial charge in [-0.05, 0) is 12.1 Å². The minimum atomic E-state index is -0.116. The lowest BCUT2D eigenvalue weighted by Crippen LogP contribution is -2.28. The van der Waals surface area contributed by atoms with E-state index in [4.69, 9.17) is 0 Å². The molecule has 6 heteroatoms. The molecule has 0 aliphatic heterocycles. The van der Waals surface area contributed by atoms with Crippen molar-refractivity contribution in [2.75, 3.05) is 18.4 Å². The van der Waals surface area contributed by atoms with Crippen LogP contribution in [0.4, 0.5) is 5.69 Å². The van der Waals surface area contributed by atoms with Gasteiger partial charge < -0.3 is 10.6 Å². The number of amides is 1. The number of carbonyl (C=O) groups excluding carboxylic acids is 1. The molecule has 1 amide bonds. The Morgan fingerprint density at radius 2 is 2.26 bits per heavy atom. The van der Waals surface area contributed by atoms with Crippen molar-refractivity contribution in [3.63, 3.8) is 0 Å². The molecule has 0 unspecified atom stereocenters. The molecule has 2 rings (SSSR count). The monoisotopic (exact) mass is 257 g/mol. The van der Waals surface area contributed by atoms with Gasteiger partial charge in [-0.25, -0.2) is 4.68 Å². The number of hydrogen-bond acceptors (Lipinski definition) is 4. The number of aromatic nitrogens is 3. The average molecular weight is 257 g/mol. The van der Waals surface area contributed by atoms with E-state index in [1.165, 1.54) is 0 Å². The first kappa shape index (κ1) is 13.0. The molecule has 6 nitrogen and oxygen atoms in total. The van der Waals surface area contributed by atoms with Crippen LogP contribution in [0.5, 0.6) is 0 Å². The summed E-state index contributed by atoms with van der Waals surface area (Å²) in [6.07, 6.45) is 5.02. The van der Waals surface area contributed by atoms with E-state index in [2.05, 4.69) is 27.5 Å². The van der Waals surface area contributed by atoms with Crippen LogP contribution < -0.4 is 10.6 Å². The van der Waals surface area contributed by atoms with Crippen LogP contribution in [0, 0.1) is 0 Å². The Morgan fingerprint density at radius 3 is 3.00 bits per heavy atom. The van der Waals surface area contributed by atoms with E-state index in [9.17, 15) is 4.79 Å². The SMILES string of the molecule is C=CCNCC(=O)Nc1ccccc1-n1ccnn1. The van der Waals surface area contributed by atoms with Crippen LogP contribution in [-0.2, 0) is 4.79 Å². The summed E-state index contributed by atoms with van der Waals surface area (Å²) in [5, 5.41) is 13.5. The largest absolute Gasteiger partial charge is 0.323 e. The van der Waals surface area contributed by atoms with Gasteiger partial charge in [-0.1, -0.05) is 23.4 Å². The van der Waals surface area contributed by atoms with Crippen molar-refractivity contribution in [3.05, 3.63) is 49.3 Å². The second-order valence-corrected chi connectivity index (χ2v) is 3.83. The summed E-state index contributed by atoms with van der Waals surface area (Å²) in [5.74, 6) is -0.116. The van der Waals surface area contributed by atoms with E-state index in [-0.39, 0.29) is 12.5 Å². The third kappa shape index (κ3) is 3.49. The Labute approximate surface area is 111 Å². The van der Waals surface area contributed by atoms with Gasteiger partial charge in [0.25, 0.3) is 0 Å². The second kappa shape index (κ2) is 6.46. The Hall–Kier alpha value is -2.47. The quantitative estimate of drug-likeness (QED) is 0.598. The zero-order valence-corrected chi connectivity index (χ0v) is 10.4. The van der Waals surface area contributed by atoms with Gasteiger partial charge in [0.05, 0.1) is 30.3 Å². The highest BCUT2D eigenvalue weighted by Crippen LogP contribution is 2.18. The normalized spacial score (nSPS) is 10.1. The van der Waals surface area contributed by atoms with Crippen LogP contribution in [-0.4, -0.2) is 34.0 Å². The molecule has 0 saturated carbocycles. The summed E-state index contributed by atoms with van der Waals surface area (Å²) >= 11 is 0. The fourth-order valence-corrected chi connectivity index (χ4v) is 1.60. The summed E-state index contributed by atoms with van der Waals surface area (Å²) in [4.78, 5) is 11.8. The summed E-state index contributed by atoms with van der Waals surface area (Å²) in [6.45, 7) is 4.41. The Kier molecular flexibility index (Phi) is 4.41. The topological polar surface area (TPSA) is 71.8 Å². The van der Waals surface area contributed by atoms with Crippen molar-refractivity contribution in [1.29, 1.82) is 0 Å². The number of para-hydroxylation sites is 2. The number of anilines is 1. The van der Waals surface area contributed by atoms with E-state index < -0.39 is 0 Å². The van der Waals surface area contributed by atoms with Gasteiger partial charge in [0.2, 0.25) is 5.91 Å². The van der Waals surface area contributed by atoms with E-state index in [0.29, 0.717) is 12.2 Å². The van der Waals surface area contributed by atoms with Gasteiger partial charge in [-0.2, -0.15) is 0 Å². The van der Waals surface area contributed by atoms with Gasteiger partial charge in [0, 0.05) is 6.54 Å². The van der Waals surface area contributed by atoms with Crippen molar-refractivity contribution in [2.24, 2.45) is 0 Å². The lowest BCUT2D eigenvalue weighted by Gasteiger charge is -2.10. The van der Waals surface area contributed by atoms with Crippen molar-refractivity contribution in [2.45, 2.75) is 0 Å². The number of carbonyl (C=O) groups is 1. The molecule has 1 aromatic heterocycles. The van der Waals surface area contributed by atoms with Crippen LogP contribution in [0.1, 0.15) is 0 Å². The van der Waals surface area contributed by atoms with Crippen LogP contribution in [0.15, 0.2) is 49.3 Å². The molecule has 2 aromatic rings. The van der Waals surface area contributed by atoms with Crippen molar-refractivity contribution >= 4 is 11.6 Å². The third-order valence-corrected chi connectivity index (χ3v) is 2.42. The highest BCUT2D eigenvalue weighted by molar-refractivity contribution is 5.94. The van der Waals surface area contributed by atoms with Gasteiger partial charge in [-0.15, -0.1) is 11.7 Å². The standard InChI is InChI=1S/C13H15N5O/c1-2-7-14-10-13(19)16-11-5-3-4-6-12(11)18-9-8-15-17-18/h2-6,8-9,14H,1,7,10H2,(H,16,19). The summed E-state index contributed by atoms with van der Waals surface area (Å²) < 4.78 is 1.60. The maximum absolute atomic E-state index is 11.8. The van der Waals surface area contributed by atoms with Crippen LogP contribution in [0.3, 0.4) is 0 Å². The first-order valence-corrected chi connectivity index (χ1v) is 5.88. The molecule has 0 aliphatic rings. The smallest absolute Gasteiger partial charge is 0.238 e. The molecule has 0 spiro atoms. The number of hydrogen-bond donors (Lipinski definition) is 2. The molecule has 0 bridgehead atoms. The van der Waals surface area contributed by atoms with Crippen LogP contribution in [0.25, 0.3) is 5.69 Å². The number of nitrogens with zero attached hydrogens (tertiary/aromatic N) is 3. The maximum atomic E-state index is 11.8. The lowest BCUT2D eigenvalue weighted by atomic mass is 10.2. The molecule has 0 aliphatic carbocycles. The number of nitrogens with one attached hydrogen (secondary N) is 2. The predicted molar refractivity (Wildman–Crippen MR) is 73.1 cm³/mol. The van der Waals surface area contributed by atoms with Gasteiger partial charge in [0.1, 0.15) is 0 Å². The minimum Gasteiger partial charge on any atom is -0.323 e. The molecule has 1 aromatic carbocycles. The summed E-state index contributed by atoms with van der Waals surface area (Å²) in [7, 11) is 0. The number of rotatable bonds is 6. The first-order valence-electron chi connectivity index (χ1n) is 5.88. The molecule has 2 N–H and O–H groups in total. The Balaban J connectivity index is 2.08. The molecule has 0 radical (unpaired) electrons. The molecule has 0 atom stereocenters. The first-order chi connectivity index (χ1) is 9.31. The Bertz CT molecular complexity index is 550. The summed E-state index contributed by atoms with van der Waals surface area (Å²) in [5.41, 5.74) is 1.47. The van der Waals surface area contributed by atoms with E-state index >= 15 is 0 Å². The van der Waals surface area contributed by atoms with Crippen LogP contribution in [0.2, 0.25) is 0 Å². The maximum Gasteiger partial charge on any atom is 0.238 e. The third-order valence-electron chi connectivity index (χ3n) is 2.42. The molecular weight excluding hydrogens is 242 g/mol. The molecule has 19 heavy (non-hydrogen) atoms. The predicted octanol–water partition coefficient (Wildman–Crippen LogP) is 0.981. The molecule has 1 heterocycles. The minimum absolute atomic E-state index is 0.116. The fraction of sp³-hybridized carbons (Fsp3) is 0.154. The van der Waals surface area contributed by atoms with E-state index in [0.717, 1.165) is 5.69 Å². The fourth-order valence-electron chi connectivity index (χ4n) is 1.60. The van der Waals surface area contributed by atoms with Crippen LogP contribution >= 0.6 is 0 Å². The van der Waals surface area contributed by atoms with E-state index in [1.807, 2.05) is 24.3 Å². The van der Waals surface area contributed by atoms with Crippen molar-refractivity contribution < 1.29 is 4.79 Å². The lowest BCUT2D eigenvalue weighted by molar-refractivity contribution is -0.115. The second-order valence-electron chi connectivity index (χ2n) is 3.83. The summed E-state index contributed by atoms with van der Waals surface area (Å²) in [6, 6.07) is 7.42. The molecule has 0 fully saturated rings. The van der Waals surface area contributed by atoms with Gasteiger partial charge >= 0.3 is 0 Å².